The SMILES string of the molecule is CCC(=O)c1ccc(OCC(=O)OCc2cc(=O)oc3c(C)c(O)ccc23)cc1. The van der Waals surface area contributed by atoms with Crippen molar-refractivity contribution < 1.29 is 28.6 Å². The van der Waals surface area contributed by atoms with Gasteiger partial charge in [0, 0.05) is 34.6 Å². The van der Waals surface area contributed by atoms with Gasteiger partial charge in [-0.05, 0) is 43.3 Å². The summed E-state index contributed by atoms with van der Waals surface area (Å²) in [5, 5.41) is 10.3. The number of fused-ring (bicyclic) bond motifs is 1. The van der Waals surface area contributed by atoms with E-state index in [0.29, 0.717) is 34.2 Å². The number of ether oxygens (including phenoxy) is 2. The number of aromatic hydroxyl groups is 1. The summed E-state index contributed by atoms with van der Waals surface area (Å²) in [6, 6.07) is 10.8. The molecule has 3 rings (SSSR count). The Morgan fingerprint density at radius 1 is 1.10 bits per heavy atom. The standard InChI is InChI=1S/C22H20O7/c1-3-18(23)14-4-6-16(7-5-14)27-12-21(26)28-11-15-10-20(25)29-22-13(2)19(24)9-8-17(15)22/h4-10,24H,3,11-12H2,1-2H3. The summed E-state index contributed by atoms with van der Waals surface area (Å²) >= 11 is 0. The molecule has 0 spiro atoms. The number of Topliss-reactive ketones (excluding diaryl/α,β-unsaturated/α-hetero) is 1. The fraction of sp³-hybridized carbons (Fsp3) is 0.227. The molecule has 0 aliphatic carbocycles. The zero-order valence-corrected chi connectivity index (χ0v) is 16.1. The second-order valence-electron chi connectivity index (χ2n) is 6.43. The number of ketones is 1. The second-order valence-corrected chi connectivity index (χ2v) is 6.43. The minimum atomic E-state index is -0.615. The number of hydrogen-bond acceptors (Lipinski definition) is 7. The summed E-state index contributed by atoms with van der Waals surface area (Å²) in [4.78, 5) is 35.4. The molecule has 0 saturated heterocycles. The van der Waals surface area contributed by atoms with Crippen LogP contribution in [0.5, 0.6) is 11.5 Å². The topological polar surface area (TPSA) is 103 Å². The highest BCUT2D eigenvalue weighted by Crippen LogP contribution is 2.27. The summed E-state index contributed by atoms with van der Waals surface area (Å²) in [7, 11) is 0. The number of phenols is 1. The molecule has 0 unspecified atom stereocenters. The first-order valence-corrected chi connectivity index (χ1v) is 9.06. The molecule has 0 bridgehead atoms. The third-order valence-electron chi connectivity index (χ3n) is 4.46. The second kappa shape index (κ2) is 8.60. The predicted octanol–water partition coefficient (Wildman–Crippen LogP) is 3.52. The Bertz CT molecular complexity index is 1110. The molecule has 29 heavy (non-hydrogen) atoms. The molecule has 7 nitrogen and oxygen atoms in total. The van der Waals surface area contributed by atoms with Gasteiger partial charge in [0.1, 0.15) is 23.7 Å². The smallest absolute Gasteiger partial charge is 0.344 e. The fourth-order valence-corrected chi connectivity index (χ4v) is 2.82. The average molecular weight is 396 g/mol. The van der Waals surface area contributed by atoms with Crippen LogP contribution in [0.2, 0.25) is 0 Å². The van der Waals surface area contributed by atoms with Crippen molar-refractivity contribution in [2.75, 3.05) is 6.61 Å². The van der Waals surface area contributed by atoms with E-state index in [0.717, 1.165) is 0 Å². The monoisotopic (exact) mass is 396 g/mol. The zero-order chi connectivity index (χ0) is 21.0. The van der Waals surface area contributed by atoms with Crippen LogP contribution in [0.3, 0.4) is 0 Å². The fourth-order valence-electron chi connectivity index (χ4n) is 2.82. The number of phenolic OH excluding ortho intramolecular Hbond substituents is 1. The van der Waals surface area contributed by atoms with E-state index < -0.39 is 11.6 Å². The highest BCUT2D eigenvalue weighted by Gasteiger charge is 2.13. The van der Waals surface area contributed by atoms with Crippen LogP contribution in [0.4, 0.5) is 0 Å². The first-order valence-electron chi connectivity index (χ1n) is 9.06. The van der Waals surface area contributed by atoms with Gasteiger partial charge in [0.2, 0.25) is 0 Å². The lowest BCUT2D eigenvalue weighted by molar-refractivity contribution is -0.147. The molecule has 0 aliphatic rings. The lowest BCUT2D eigenvalue weighted by Gasteiger charge is -2.10. The number of carbonyl (C=O) groups is 2. The van der Waals surface area contributed by atoms with Gasteiger partial charge < -0.3 is 19.0 Å². The maximum absolute atomic E-state index is 12.0. The maximum Gasteiger partial charge on any atom is 0.344 e. The van der Waals surface area contributed by atoms with Crippen LogP contribution in [-0.4, -0.2) is 23.5 Å². The van der Waals surface area contributed by atoms with Gasteiger partial charge in [0.05, 0.1) is 0 Å². The van der Waals surface area contributed by atoms with E-state index in [1.54, 1.807) is 44.2 Å². The van der Waals surface area contributed by atoms with Gasteiger partial charge in [-0.1, -0.05) is 6.92 Å². The minimum absolute atomic E-state index is 0.00912. The van der Waals surface area contributed by atoms with Crippen molar-refractivity contribution in [3.05, 3.63) is 69.6 Å². The molecule has 1 aromatic heterocycles. The number of benzene rings is 2. The third kappa shape index (κ3) is 4.63. The Kier molecular flexibility index (Phi) is 5.97. The molecule has 1 heterocycles. The molecule has 1 N–H and O–H groups in total. The predicted molar refractivity (Wildman–Crippen MR) is 105 cm³/mol. The Labute approximate surface area is 166 Å². The average Bonchev–Trinajstić information content (AvgIpc) is 2.73. The third-order valence-corrected chi connectivity index (χ3v) is 4.46. The first kappa shape index (κ1) is 20.1. The van der Waals surface area contributed by atoms with Gasteiger partial charge in [0.25, 0.3) is 0 Å². The molecule has 3 aromatic rings. The van der Waals surface area contributed by atoms with E-state index in [1.165, 1.54) is 12.1 Å². The van der Waals surface area contributed by atoms with Crippen LogP contribution in [0.25, 0.3) is 11.0 Å². The largest absolute Gasteiger partial charge is 0.508 e. The molecule has 0 fully saturated rings. The molecule has 7 heteroatoms. The van der Waals surface area contributed by atoms with Crippen molar-refractivity contribution >= 4 is 22.7 Å². The molecule has 0 saturated carbocycles. The van der Waals surface area contributed by atoms with Crippen LogP contribution < -0.4 is 10.4 Å². The van der Waals surface area contributed by atoms with Crippen LogP contribution in [0.15, 0.2) is 51.7 Å². The van der Waals surface area contributed by atoms with Crippen molar-refractivity contribution in [2.45, 2.75) is 26.9 Å². The van der Waals surface area contributed by atoms with Crippen molar-refractivity contribution in [1.82, 2.24) is 0 Å². The number of esters is 1. The van der Waals surface area contributed by atoms with Crippen LogP contribution >= 0.6 is 0 Å². The van der Waals surface area contributed by atoms with E-state index in [4.69, 9.17) is 13.9 Å². The van der Waals surface area contributed by atoms with E-state index in [9.17, 15) is 19.5 Å². The number of carbonyl (C=O) groups excluding carboxylic acids is 2. The molecule has 0 radical (unpaired) electrons. The summed E-state index contributed by atoms with van der Waals surface area (Å²) in [5.74, 6) is -0.143. The Hall–Kier alpha value is -3.61. The first-order chi connectivity index (χ1) is 13.9. The molecule has 0 amide bonds. The van der Waals surface area contributed by atoms with Gasteiger partial charge in [-0.2, -0.15) is 0 Å². The van der Waals surface area contributed by atoms with E-state index >= 15 is 0 Å². The van der Waals surface area contributed by atoms with Crippen LogP contribution in [-0.2, 0) is 16.1 Å². The van der Waals surface area contributed by atoms with E-state index in [2.05, 4.69) is 0 Å². The Morgan fingerprint density at radius 2 is 1.83 bits per heavy atom. The molecular weight excluding hydrogens is 376 g/mol. The van der Waals surface area contributed by atoms with Gasteiger partial charge in [-0.3, -0.25) is 4.79 Å². The lowest BCUT2D eigenvalue weighted by atomic mass is 10.1. The normalized spacial score (nSPS) is 10.7. The van der Waals surface area contributed by atoms with Crippen molar-refractivity contribution in [2.24, 2.45) is 0 Å². The Balaban J connectivity index is 1.63. The van der Waals surface area contributed by atoms with E-state index in [-0.39, 0.29) is 30.3 Å². The van der Waals surface area contributed by atoms with Crippen LogP contribution in [0.1, 0.15) is 34.8 Å². The van der Waals surface area contributed by atoms with Gasteiger partial charge in [0.15, 0.2) is 12.4 Å². The minimum Gasteiger partial charge on any atom is -0.508 e. The zero-order valence-electron chi connectivity index (χ0n) is 16.1. The van der Waals surface area contributed by atoms with E-state index in [1.807, 2.05) is 0 Å². The van der Waals surface area contributed by atoms with Crippen LogP contribution in [0, 0.1) is 6.92 Å². The number of hydrogen-bond donors (Lipinski definition) is 1. The van der Waals surface area contributed by atoms with Crippen molar-refractivity contribution in [3.8, 4) is 11.5 Å². The van der Waals surface area contributed by atoms with Crippen molar-refractivity contribution in [1.29, 1.82) is 0 Å². The van der Waals surface area contributed by atoms with Gasteiger partial charge >= 0.3 is 11.6 Å². The number of aryl methyl sites for hydroxylation is 1. The highest BCUT2D eigenvalue weighted by molar-refractivity contribution is 5.95. The highest BCUT2D eigenvalue weighted by atomic mass is 16.6. The van der Waals surface area contributed by atoms with Gasteiger partial charge in [-0.25, -0.2) is 9.59 Å². The summed E-state index contributed by atoms with van der Waals surface area (Å²) < 4.78 is 15.7. The maximum atomic E-state index is 12.0. The molecular formula is C22H20O7. The quantitative estimate of drug-likeness (QED) is 0.370. The number of rotatable bonds is 7. The summed E-state index contributed by atoms with van der Waals surface area (Å²) in [6.45, 7) is 2.95. The van der Waals surface area contributed by atoms with Gasteiger partial charge in [-0.15, -0.1) is 0 Å². The molecule has 0 atom stereocenters. The lowest BCUT2D eigenvalue weighted by Crippen LogP contribution is -2.15. The van der Waals surface area contributed by atoms with Crippen molar-refractivity contribution in [3.63, 3.8) is 0 Å². The molecule has 0 aliphatic heterocycles. The molecule has 2 aromatic carbocycles. The summed E-state index contributed by atoms with van der Waals surface area (Å²) in [5.41, 5.74) is 1.13. The Morgan fingerprint density at radius 3 is 2.52 bits per heavy atom. The summed E-state index contributed by atoms with van der Waals surface area (Å²) in [6.07, 6.45) is 0.415. The molecule has 150 valence electrons.